The van der Waals surface area contributed by atoms with Crippen LogP contribution in [0.25, 0.3) is 0 Å². The second-order valence-corrected chi connectivity index (χ2v) is 34.8. The van der Waals surface area contributed by atoms with Gasteiger partial charge in [0.2, 0.25) is 0 Å². The summed E-state index contributed by atoms with van der Waals surface area (Å²) >= 11 is 0. The van der Waals surface area contributed by atoms with Gasteiger partial charge in [-0.15, -0.1) is 0 Å². The molecule has 1 aromatic carbocycles. The SMILES string of the molecule is C=C(C)C(=O)OCC(C)OC(=O)NCC.C=C(C)C(=O)OCC(C)OC(=O)NCC1CC2CCC1C2.C=C(C)C(=O)OCCOC(=O)CC1CC(C)(C)CC(C)(CNC(=O)OCCOC(=O)C(=C)C)C1.C=C(C)C(=O)OCCOC(=O)NCC.C=C(C)C(=O)OCCOC(=O)NCC1CC2CCC1C2.C=C(C)C(=O)OCCOC(=O)NCc1cccc(CNC(=O)OCCOC(=O)C(=C)C)c1. The highest BCUT2D eigenvalue weighted by molar-refractivity contribution is 5.90. The molecular weight excluding hydrogens is 1780 g/mol. The Hall–Kier alpha value is -12.7. The number of benzene rings is 1. The van der Waals surface area contributed by atoms with Crippen molar-refractivity contribution in [1.29, 1.82) is 0 Å². The fourth-order valence-corrected chi connectivity index (χ4v) is 14.7. The molecule has 5 fully saturated rings. The molecule has 136 heavy (non-hydrogen) atoms. The van der Waals surface area contributed by atoms with Gasteiger partial charge in [-0.2, -0.15) is 0 Å². The molecule has 4 bridgehead atoms. The van der Waals surface area contributed by atoms with Crippen molar-refractivity contribution in [3.05, 3.63) is 133 Å². The van der Waals surface area contributed by atoms with E-state index in [4.69, 9.17) is 66.3 Å². The first-order valence-electron chi connectivity index (χ1n) is 45.2. The summed E-state index contributed by atoms with van der Waals surface area (Å²) in [5.41, 5.74) is 3.75. The quantitative estimate of drug-likeness (QED) is 0.0138. The number of carbonyl (C=O) groups is 16. The summed E-state index contributed by atoms with van der Waals surface area (Å²) < 4.78 is 78.4. The Morgan fingerprint density at radius 1 is 0.353 bits per heavy atom. The van der Waals surface area contributed by atoms with E-state index >= 15 is 0 Å². The zero-order valence-corrected chi connectivity index (χ0v) is 82.1. The van der Waals surface area contributed by atoms with Crippen LogP contribution < -0.4 is 37.2 Å². The van der Waals surface area contributed by atoms with Crippen LogP contribution in [0.15, 0.2) is 121 Å². The number of alkyl carbamates (subject to hydrolysis) is 7. The largest absolute Gasteiger partial charge is 0.462 e. The molecule has 5 aliphatic rings. The highest BCUT2D eigenvalue weighted by Gasteiger charge is 2.43. The van der Waals surface area contributed by atoms with Crippen LogP contribution in [0.2, 0.25) is 0 Å². The number of carbonyl (C=O) groups excluding carboxylic acids is 16. The van der Waals surface area contributed by atoms with Gasteiger partial charge < -0.3 is 113 Å². The van der Waals surface area contributed by atoms with Gasteiger partial charge in [-0.1, -0.05) is 111 Å². The third-order valence-corrected chi connectivity index (χ3v) is 20.6. The third-order valence-electron chi connectivity index (χ3n) is 20.6. The van der Waals surface area contributed by atoms with E-state index in [1.807, 2.05) is 0 Å². The van der Waals surface area contributed by atoms with Crippen molar-refractivity contribution in [2.45, 2.75) is 206 Å². The van der Waals surface area contributed by atoms with Crippen LogP contribution in [-0.2, 0) is 132 Å². The maximum atomic E-state index is 12.3. The first-order valence-corrected chi connectivity index (χ1v) is 45.2. The van der Waals surface area contributed by atoms with Gasteiger partial charge in [-0.3, -0.25) is 4.79 Å². The number of rotatable bonds is 46. The van der Waals surface area contributed by atoms with E-state index in [9.17, 15) is 76.7 Å². The van der Waals surface area contributed by atoms with Crippen LogP contribution in [0, 0.1) is 52.3 Å². The maximum absolute atomic E-state index is 12.3. The molecule has 0 saturated heterocycles. The van der Waals surface area contributed by atoms with Crippen LogP contribution in [0.1, 0.15) is 192 Å². The zero-order chi connectivity index (χ0) is 103. The third kappa shape index (κ3) is 57.1. The van der Waals surface area contributed by atoms with E-state index < -0.39 is 103 Å². The van der Waals surface area contributed by atoms with E-state index in [0.717, 1.165) is 54.1 Å². The van der Waals surface area contributed by atoms with Gasteiger partial charge in [-0.05, 0) is 204 Å². The molecule has 762 valence electrons. The standard InChI is InChI=1S/C25H39NO8.C22H28N2O8.C16H25NO4.C15H23NO4.C10H17NO4.C9H15NO4/c1-17(2)21(28)32-9-8-31-20(27)12-19-13-24(5,6)15-25(7,14-19)16-26-23(30)34-11-10-33-22(29)18(3)4;1-15(2)19(25)29-8-10-31-21(27)23-13-17-6-5-7-18(12-17)14-24-22(28)32-11-9-30-20(26)16(3)4;1-10(2)15(18)20-9-11(3)21-16(19)17-8-14-7-12-4-5-13(14)6-12;1-10(2)14(17)19-5-6-20-15(18)16-9-13-8-11-3-4-12(13)7-11;1-5-11-10(13)15-8(4)6-14-9(12)7(2)3;1-4-10-9(12)14-6-5-13-8(11)7(2)3/h19H,1,3,8-16H2,2,4-7H3,(H,26,30);5-7,12H,1,3,8-11,13-14H2,2,4H3,(H,23,27)(H,24,28);11-14H,1,4-9H2,2-3H3,(H,17,19);11-13H,1,3-9H2,2H3,(H,16,18);8H,2,5-6H2,1,3-4H3,(H,11,13);2,4-6H2,1,3H3,(H,10,12). The molecule has 0 radical (unpaired) electrons. The first-order chi connectivity index (χ1) is 64.0. The molecule has 0 aliphatic heterocycles. The normalized spacial score (nSPS) is 18.1. The predicted octanol–water partition coefficient (Wildman–Crippen LogP) is 13.1. The topological polar surface area (TPSA) is 505 Å². The molecule has 0 spiro atoms. The second-order valence-electron chi connectivity index (χ2n) is 34.8. The van der Waals surface area contributed by atoms with E-state index in [1.54, 1.807) is 86.6 Å². The molecule has 7 N–H and O–H groups in total. The minimum absolute atomic E-state index is 0.000307. The van der Waals surface area contributed by atoms with Crippen molar-refractivity contribution in [3.8, 4) is 0 Å². The summed E-state index contributed by atoms with van der Waals surface area (Å²) in [7, 11) is 0. The van der Waals surface area contributed by atoms with Crippen molar-refractivity contribution >= 4 is 96.4 Å². The summed E-state index contributed by atoms with van der Waals surface area (Å²) in [6.07, 6.45) is 8.46. The zero-order valence-electron chi connectivity index (χ0n) is 82.1. The highest BCUT2D eigenvalue weighted by atomic mass is 16.6. The molecule has 6 rings (SSSR count). The lowest BCUT2D eigenvalue weighted by Crippen LogP contribution is -2.44. The lowest BCUT2D eigenvalue weighted by Gasteiger charge is -2.46. The van der Waals surface area contributed by atoms with E-state index in [1.165, 1.54) is 72.1 Å². The molecule has 10 atom stereocenters. The van der Waals surface area contributed by atoms with Crippen molar-refractivity contribution in [2.75, 3.05) is 125 Å². The Labute approximate surface area is 798 Å². The summed E-state index contributed by atoms with van der Waals surface area (Å²) in [6, 6.07) is 7.17. The average Bonchev–Trinajstić information content (AvgIpc) is 1.70. The molecule has 1 aromatic rings. The Bertz CT molecular complexity index is 4150. The lowest BCUT2D eigenvalue weighted by molar-refractivity contribution is -0.151. The van der Waals surface area contributed by atoms with Gasteiger partial charge >= 0.3 is 96.4 Å². The van der Waals surface area contributed by atoms with Gasteiger partial charge in [0.05, 0.1) is 0 Å². The van der Waals surface area contributed by atoms with E-state index in [2.05, 4.69) is 120 Å². The number of amides is 7. The molecule has 0 aromatic heterocycles. The van der Waals surface area contributed by atoms with Crippen molar-refractivity contribution in [2.24, 2.45) is 52.3 Å². The summed E-state index contributed by atoms with van der Waals surface area (Å²) in [6.45, 7) is 56.4. The Kier molecular flexibility index (Phi) is 59.4. The first kappa shape index (κ1) is 121. The van der Waals surface area contributed by atoms with Gasteiger partial charge in [0, 0.05) is 96.8 Å². The number of ether oxygens (including phenoxy) is 16. The van der Waals surface area contributed by atoms with Crippen LogP contribution in [0.4, 0.5) is 33.6 Å². The highest BCUT2D eigenvalue weighted by Crippen LogP contribution is 2.51. The number of hydrogen-bond acceptors (Lipinski definition) is 32. The molecule has 5 saturated carbocycles. The molecule has 39 nitrogen and oxygen atoms in total. The van der Waals surface area contributed by atoms with E-state index in [0.29, 0.717) is 72.4 Å². The number of esters is 9. The number of fused-ring (bicyclic) bond motifs is 4. The van der Waals surface area contributed by atoms with Gasteiger partial charge in [-0.25, -0.2) is 71.9 Å². The summed E-state index contributed by atoms with van der Waals surface area (Å²) in [5, 5.41) is 18.5. The average molecular weight is 1920 g/mol. The smallest absolute Gasteiger partial charge is 0.407 e. The molecule has 0 heterocycles. The summed E-state index contributed by atoms with van der Waals surface area (Å²) in [5.74, 6) is 0.266. The van der Waals surface area contributed by atoms with Gasteiger partial charge in [0.15, 0.2) is 0 Å². The van der Waals surface area contributed by atoms with Crippen molar-refractivity contribution < 1.29 is 153 Å². The van der Waals surface area contributed by atoms with Gasteiger partial charge in [0.1, 0.15) is 105 Å². The fraction of sp³-hybridized carbons (Fsp3) is 0.608. The molecular formula is C97H147N7O32. The Balaban J connectivity index is 0.000000840. The monoisotopic (exact) mass is 1920 g/mol. The summed E-state index contributed by atoms with van der Waals surface area (Å²) in [4.78, 5) is 182. The van der Waals surface area contributed by atoms with Crippen molar-refractivity contribution in [1.82, 2.24) is 37.2 Å². The van der Waals surface area contributed by atoms with Crippen LogP contribution in [0.3, 0.4) is 0 Å². The Morgan fingerprint density at radius 2 is 0.640 bits per heavy atom. The van der Waals surface area contributed by atoms with Crippen LogP contribution >= 0.6 is 0 Å². The Morgan fingerprint density at radius 3 is 0.956 bits per heavy atom. The van der Waals surface area contributed by atoms with E-state index in [-0.39, 0.29) is 151 Å². The van der Waals surface area contributed by atoms with Gasteiger partial charge in [0.25, 0.3) is 0 Å². The van der Waals surface area contributed by atoms with Crippen LogP contribution in [0.5, 0.6) is 0 Å². The minimum atomic E-state index is -0.657. The lowest BCUT2D eigenvalue weighted by atomic mass is 9.60. The minimum Gasteiger partial charge on any atom is -0.462 e. The molecule has 5 aliphatic carbocycles. The second kappa shape index (κ2) is 66.6. The number of nitrogens with one attached hydrogen (secondary N) is 7. The number of hydrogen-bond donors (Lipinski definition) is 7. The predicted molar refractivity (Wildman–Crippen MR) is 499 cm³/mol. The molecule has 10 unspecified atom stereocenters. The van der Waals surface area contributed by atoms with Crippen molar-refractivity contribution in [3.63, 3.8) is 0 Å². The molecule has 7 amide bonds. The van der Waals surface area contributed by atoms with Crippen LogP contribution in [-0.4, -0.2) is 234 Å². The molecule has 39 heteroatoms. The maximum Gasteiger partial charge on any atom is 0.407 e. The fourth-order valence-electron chi connectivity index (χ4n) is 14.7.